The maximum absolute atomic E-state index is 13.7. The number of rotatable bonds is 8. The van der Waals surface area contributed by atoms with E-state index >= 15 is 0 Å². The Hall–Kier alpha value is -1.07. The predicted octanol–water partition coefficient (Wildman–Crippen LogP) is 3.06. The molecule has 1 unspecified atom stereocenters. The van der Waals surface area contributed by atoms with E-state index in [0.29, 0.717) is 25.1 Å². The van der Waals surface area contributed by atoms with Crippen molar-refractivity contribution in [3.05, 3.63) is 35.6 Å². The molecule has 0 aliphatic carbocycles. The molecule has 0 bridgehead atoms. The maximum Gasteiger partial charge on any atom is 0.251 e. The number of nitrogens with one attached hydrogen (secondary N) is 1. The Morgan fingerprint density at radius 2 is 1.95 bits per heavy atom. The van der Waals surface area contributed by atoms with Crippen molar-refractivity contribution in [2.24, 2.45) is 0 Å². The molecule has 0 spiro atoms. The summed E-state index contributed by atoms with van der Waals surface area (Å²) in [5, 5.41) is 3.19. The molecule has 0 radical (unpaired) electrons. The first-order valence-electron chi connectivity index (χ1n) is 6.49. The van der Waals surface area contributed by atoms with Gasteiger partial charge in [-0.1, -0.05) is 25.1 Å². The normalized spacial score (nSPS) is 13.2. The van der Waals surface area contributed by atoms with Gasteiger partial charge in [-0.25, -0.2) is 13.2 Å². The van der Waals surface area contributed by atoms with Gasteiger partial charge in [0.2, 0.25) is 0 Å². The van der Waals surface area contributed by atoms with Gasteiger partial charge in [0.05, 0.1) is 6.54 Å². The molecular formula is C14H21F3N2. The van der Waals surface area contributed by atoms with Crippen molar-refractivity contribution < 1.29 is 13.2 Å². The molecule has 5 heteroatoms. The topological polar surface area (TPSA) is 15.3 Å². The van der Waals surface area contributed by atoms with Gasteiger partial charge in [0, 0.05) is 11.6 Å². The lowest BCUT2D eigenvalue weighted by molar-refractivity contribution is 0.0984. The highest BCUT2D eigenvalue weighted by molar-refractivity contribution is 5.21. The van der Waals surface area contributed by atoms with Gasteiger partial charge >= 0.3 is 0 Å². The molecule has 0 aromatic heterocycles. The number of alkyl halides is 2. The van der Waals surface area contributed by atoms with Crippen LogP contribution in [0.15, 0.2) is 24.3 Å². The summed E-state index contributed by atoms with van der Waals surface area (Å²) in [4.78, 5) is 1.57. The van der Waals surface area contributed by atoms with E-state index in [0.717, 1.165) is 0 Å². The summed E-state index contributed by atoms with van der Waals surface area (Å²) >= 11 is 0. The van der Waals surface area contributed by atoms with Crippen LogP contribution in [0.2, 0.25) is 0 Å². The first-order chi connectivity index (χ1) is 9.04. The van der Waals surface area contributed by atoms with Gasteiger partial charge < -0.3 is 10.2 Å². The summed E-state index contributed by atoms with van der Waals surface area (Å²) in [5.74, 6) is -0.259. The molecule has 0 saturated carbocycles. The van der Waals surface area contributed by atoms with Gasteiger partial charge in [-0.3, -0.25) is 0 Å². The molecule has 0 amide bonds. The summed E-state index contributed by atoms with van der Waals surface area (Å²) in [7, 11) is 1.65. The average Bonchev–Trinajstić information content (AvgIpc) is 2.34. The van der Waals surface area contributed by atoms with E-state index in [-0.39, 0.29) is 18.4 Å². The Labute approximate surface area is 112 Å². The van der Waals surface area contributed by atoms with Crippen molar-refractivity contribution in [3.63, 3.8) is 0 Å². The molecule has 0 saturated heterocycles. The maximum atomic E-state index is 13.7. The second kappa shape index (κ2) is 8.17. The number of halogens is 3. The number of benzene rings is 1. The zero-order chi connectivity index (χ0) is 14.3. The van der Waals surface area contributed by atoms with E-state index in [2.05, 4.69) is 5.32 Å². The van der Waals surface area contributed by atoms with Crippen LogP contribution in [0.4, 0.5) is 13.2 Å². The lowest BCUT2D eigenvalue weighted by atomic mass is 10.0. The van der Waals surface area contributed by atoms with Gasteiger partial charge in [-0.2, -0.15) is 0 Å². The molecule has 0 aliphatic rings. The Morgan fingerprint density at radius 1 is 1.26 bits per heavy atom. The highest BCUT2D eigenvalue weighted by Crippen LogP contribution is 2.20. The van der Waals surface area contributed by atoms with Crippen molar-refractivity contribution in [2.45, 2.75) is 25.8 Å². The third kappa shape index (κ3) is 5.61. The van der Waals surface area contributed by atoms with Crippen LogP contribution in [0.5, 0.6) is 0 Å². The van der Waals surface area contributed by atoms with Gasteiger partial charge in [0.1, 0.15) is 5.82 Å². The molecule has 0 aliphatic heterocycles. The fourth-order valence-corrected chi connectivity index (χ4v) is 2.05. The minimum absolute atomic E-state index is 0.147. The minimum atomic E-state index is -2.34. The van der Waals surface area contributed by atoms with Crippen molar-refractivity contribution >= 4 is 0 Å². The van der Waals surface area contributed by atoms with Gasteiger partial charge in [0.15, 0.2) is 0 Å². The highest BCUT2D eigenvalue weighted by atomic mass is 19.3. The minimum Gasteiger partial charge on any atom is -0.310 e. The highest BCUT2D eigenvalue weighted by Gasteiger charge is 2.16. The average molecular weight is 274 g/mol. The number of hydrogen-bond donors (Lipinski definition) is 1. The zero-order valence-electron chi connectivity index (χ0n) is 11.4. The van der Waals surface area contributed by atoms with Crippen LogP contribution in [-0.2, 0) is 0 Å². The van der Waals surface area contributed by atoms with E-state index in [4.69, 9.17) is 0 Å². The molecule has 1 N–H and O–H groups in total. The molecule has 1 atom stereocenters. The predicted molar refractivity (Wildman–Crippen MR) is 70.9 cm³/mol. The molecule has 0 fully saturated rings. The number of nitrogens with zero attached hydrogens (tertiary/aromatic N) is 1. The second-order valence-corrected chi connectivity index (χ2v) is 4.57. The monoisotopic (exact) mass is 274 g/mol. The lowest BCUT2D eigenvalue weighted by Gasteiger charge is -2.22. The van der Waals surface area contributed by atoms with Crippen LogP contribution >= 0.6 is 0 Å². The Bertz CT molecular complexity index is 371. The molecule has 2 nitrogen and oxygen atoms in total. The fourth-order valence-electron chi connectivity index (χ4n) is 2.05. The largest absolute Gasteiger partial charge is 0.310 e. The van der Waals surface area contributed by atoms with Crippen molar-refractivity contribution in [3.8, 4) is 0 Å². The molecule has 1 aromatic carbocycles. The molecular weight excluding hydrogens is 253 g/mol. The second-order valence-electron chi connectivity index (χ2n) is 4.57. The Morgan fingerprint density at radius 3 is 2.53 bits per heavy atom. The first-order valence-corrected chi connectivity index (χ1v) is 6.49. The smallest absolute Gasteiger partial charge is 0.251 e. The van der Waals surface area contributed by atoms with Crippen LogP contribution in [0.3, 0.4) is 0 Å². The third-order valence-corrected chi connectivity index (χ3v) is 2.98. The van der Waals surface area contributed by atoms with Crippen LogP contribution in [0, 0.1) is 5.82 Å². The van der Waals surface area contributed by atoms with E-state index in [1.807, 2.05) is 6.92 Å². The molecule has 0 heterocycles. The first kappa shape index (κ1) is 16.0. The molecule has 108 valence electrons. The van der Waals surface area contributed by atoms with Crippen molar-refractivity contribution in [2.75, 3.05) is 26.7 Å². The Kier molecular flexibility index (Phi) is 6.87. The van der Waals surface area contributed by atoms with Crippen LogP contribution in [0.1, 0.15) is 24.9 Å². The molecule has 1 rings (SSSR count). The van der Waals surface area contributed by atoms with Crippen LogP contribution in [0.25, 0.3) is 0 Å². The van der Waals surface area contributed by atoms with Gasteiger partial charge in [0.25, 0.3) is 6.43 Å². The van der Waals surface area contributed by atoms with Crippen molar-refractivity contribution in [1.29, 1.82) is 0 Å². The molecule has 19 heavy (non-hydrogen) atoms. The fraction of sp³-hybridized carbons (Fsp3) is 0.571. The standard InChI is InChI=1S/C14H21F3N2/c1-3-18-13(8-9-19(2)10-14(16)17)11-6-4-5-7-12(11)15/h4-7,13-14,18H,3,8-10H2,1-2H3. The Balaban J connectivity index is 2.61. The summed E-state index contributed by atoms with van der Waals surface area (Å²) in [5.41, 5.74) is 0.592. The van der Waals surface area contributed by atoms with E-state index in [1.165, 1.54) is 6.07 Å². The van der Waals surface area contributed by atoms with E-state index < -0.39 is 6.43 Å². The lowest BCUT2D eigenvalue weighted by Crippen LogP contribution is -2.30. The number of hydrogen-bond acceptors (Lipinski definition) is 2. The van der Waals surface area contributed by atoms with E-state index in [9.17, 15) is 13.2 Å². The molecule has 1 aromatic rings. The quantitative estimate of drug-likeness (QED) is 0.783. The van der Waals surface area contributed by atoms with Gasteiger partial charge in [-0.05, 0) is 32.6 Å². The zero-order valence-corrected chi connectivity index (χ0v) is 11.4. The summed E-state index contributed by atoms with van der Waals surface area (Å²) < 4.78 is 38.2. The van der Waals surface area contributed by atoms with Crippen molar-refractivity contribution in [1.82, 2.24) is 10.2 Å². The van der Waals surface area contributed by atoms with E-state index in [1.54, 1.807) is 30.1 Å². The summed E-state index contributed by atoms with van der Waals surface area (Å²) in [6.45, 7) is 2.89. The van der Waals surface area contributed by atoms with Crippen LogP contribution in [-0.4, -0.2) is 38.0 Å². The van der Waals surface area contributed by atoms with Gasteiger partial charge in [-0.15, -0.1) is 0 Å². The summed E-state index contributed by atoms with van der Waals surface area (Å²) in [6, 6.07) is 6.43. The SMILES string of the molecule is CCNC(CCN(C)CC(F)F)c1ccccc1F. The summed E-state index contributed by atoms with van der Waals surface area (Å²) in [6.07, 6.45) is -1.74. The third-order valence-electron chi connectivity index (χ3n) is 2.98. The van der Waals surface area contributed by atoms with Crippen LogP contribution < -0.4 is 5.32 Å².